The molecular formula is C19H23BrN4O2. The maximum absolute atomic E-state index is 12.4. The number of halogens is 1. The fraction of sp³-hybridized carbons (Fsp3) is 0.474. The number of benzene rings is 1. The van der Waals surface area contributed by atoms with E-state index in [1.807, 2.05) is 18.2 Å². The molecule has 6 nitrogen and oxygen atoms in total. The summed E-state index contributed by atoms with van der Waals surface area (Å²) in [6, 6.07) is 5.67. The quantitative estimate of drug-likeness (QED) is 0.663. The molecule has 138 valence electrons. The van der Waals surface area contributed by atoms with E-state index in [2.05, 4.69) is 50.0 Å². The van der Waals surface area contributed by atoms with Gasteiger partial charge in [0.15, 0.2) is 0 Å². The molecule has 0 aliphatic carbocycles. The smallest absolute Gasteiger partial charge is 0.294 e. The lowest BCUT2D eigenvalue weighted by Crippen LogP contribution is -2.48. The monoisotopic (exact) mass is 418 g/mol. The largest absolute Gasteiger partial charge is 0.449 e. The van der Waals surface area contributed by atoms with Crippen LogP contribution in [0.2, 0.25) is 0 Å². The zero-order valence-corrected chi connectivity index (χ0v) is 16.6. The first kappa shape index (κ1) is 17.7. The molecule has 1 aliphatic heterocycles. The van der Waals surface area contributed by atoms with Crippen LogP contribution in [0.4, 0.5) is 0 Å². The molecule has 0 amide bonds. The number of hydrogen-bond acceptors (Lipinski definition) is 5. The highest BCUT2D eigenvalue weighted by atomic mass is 79.9. The molecule has 0 saturated carbocycles. The van der Waals surface area contributed by atoms with Gasteiger partial charge in [0, 0.05) is 21.9 Å². The van der Waals surface area contributed by atoms with Gasteiger partial charge in [0.25, 0.3) is 5.56 Å². The zero-order chi connectivity index (χ0) is 18.3. The Balaban J connectivity index is 1.59. The Bertz CT molecular complexity index is 1000. The van der Waals surface area contributed by atoms with Gasteiger partial charge in [0.1, 0.15) is 16.9 Å². The van der Waals surface area contributed by atoms with Gasteiger partial charge in [-0.15, -0.1) is 0 Å². The Morgan fingerprint density at radius 2 is 2.12 bits per heavy atom. The van der Waals surface area contributed by atoms with E-state index >= 15 is 0 Å². The Kier molecular flexibility index (Phi) is 4.62. The summed E-state index contributed by atoms with van der Waals surface area (Å²) < 4.78 is 6.60. The van der Waals surface area contributed by atoms with E-state index in [1.165, 1.54) is 25.9 Å². The van der Waals surface area contributed by atoms with Crippen LogP contribution in [-0.4, -0.2) is 40.0 Å². The van der Waals surface area contributed by atoms with Crippen molar-refractivity contribution in [1.29, 1.82) is 0 Å². The molecule has 3 aromatic rings. The van der Waals surface area contributed by atoms with E-state index in [0.717, 1.165) is 16.4 Å². The predicted molar refractivity (Wildman–Crippen MR) is 106 cm³/mol. The molecule has 2 N–H and O–H groups in total. The second-order valence-corrected chi connectivity index (χ2v) is 8.57. The second kappa shape index (κ2) is 6.79. The standard InChI is InChI=1S/C19H23BrN4O2/c1-19(2,11-24-7-3-4-8-24)21-10-15-22-16-13-9-12(20)5-6-14(13)26-17(16)18(25)23-15/h5-6,9,21H,3-4,7-8,10-11H2,1-2H3,(H,22,23,25). The first-order valence-electron chi connectivity index (χ1n) is 9.00. The van der Waals surface area contributed by atoms with Crippen molar-refractivity contribution < 1.29 is 4.42 Å². The van der Waals surface area contributed by atoms with Gasteiger partial charge in [-0.3, -0.25) is 4.79 Å². The van der Waals surface area contributed by atoms with Crippen molar-refractivity contribution >= 4 is 38.0 Å². The summed E-state index contributed by atoms with van der Waals surface area (Å²) >= 11 is 3.47. The molecule has 0 bridgehead atoms. The van der Waals surface area contributed by atoms with E-state index in [-0.39, 0.29) is 16.7 Å². The van der Waals surface area contributed by atoms with Gasteiger partial charge in [-0.05, 0) is 58.0 Å². The number of rotatable bonds is 5. The summed E-state index contributed by atoms with van der Waals surface area (Å²) in [5.74, 6) is 0.625. The molecule has 1 aromatic carbocycles. The lowest BCUT2D eigenvalue weighted by Gasteiger charge is -2.31. The number of hydrogen-bond donors (Lipinski definition) is 2. The van der Waals surface area contributed by atoms with Crippen LogP contribution in [-0.2, 0) is 6.54 Å². The van der Waals surface area contributed by atoms with E-state index < -0.39 is 0 Å². The molecule has 3 heterocycles. The fourth-order valence-corrected chi connectivity index (χ4v) is 4.00. The van der Waals surface area contributed by atoms with Crippen molar-refractivity contribution in [3.05, 3.63) is 38.9 Å². The van der Waals surface area contributed by atoms with Crippen molar-refractivity contribution in [1.82, 2.24) is 20.2 Å². The summed E-state index contributed by atoms with van der Waals surface area (Å²) in [6.45, 7) is 8.20. The van der Waals surface area contributed by atoms with Crippen LogP contribution in [0, 0.1) is 0 Å². The molecule has 2 aromatic heterocycles. The molecule has 1 fully saturated rings. The zero-order valence-electron chi connectivity index (χ0n) is 15.1. The molecule has 26 heavy (non-hydrogen) atoms. The van der Waals surface area contributed by atoms with Crippen molar-refractivity contribution in [2.75, 3.05) is 19.6 Å². The first-order valence-corrected chi connectivity index (χ1v) is 9.79. The number of aromatic nitrogens is 2. The molecule has 1 saturated heterocycles. The minimum Gasteiger partial charge on any atom is -0.449 e. The lowest BCUT2D eigenvalue weighted by atomic mass is 10.1. The van der Waals surface area contributed by atoms with Crippen LogP contribution in [0.15, 0.2) is 31.9 Å². The second-order valence-electron chi connectivity index (χ2n) is 7.65. The summed E-state index contributed by atoms with van der Waals surface area (Å²) in [5.41, 5.74) is 1.26. The Labute approximate surface area is 160 Å². The minimum atomic E-state index is -0.239. The number of fused-ring (bicyclic) bond motifs is 3. The van der Waals surface area contributed by atoms with Gasteiger partial charge in [-0.1, -0.05) is 15.9 Å². The molecule has 7 heteroatoms. The molecule has 0 atom stereocenters. The van der Waals surface area contributed by atoms with E-state index in [0.29, 0.717) is 23.5 Å². The van der Waals surface area contributed by atoms with Gasteiger partial charge in [0.05, 0.1) is 6.54 Å². The third-order valence-corrected chi connectivity index (χ3v) is 5.38. The van der Waals surface area contributed by atoms with Gasteiger partial charge < -0.3 is 19.6 Å². The van der Waals surface area contributed by atoms with Crippen molar-refractivity contribution in [3.8, 4) is 0 Å². The summed E-state index contributed by atoms with van der Waals surface area (Å²) in [7, 11) is 0. The van der Waals surface area contributed by atoms with Crippen LogP contribution in [0.1, 0.15) is 32.5 Å². The summed E-state index contributed by atoms with van der Waals surface area (Å²) in [5, 5.41) is 4.38. The number of furan rings is 1. The average molecular weight is 419 g/mol. The normalized spacial score (nSPS) is 16.1. The molecule has 0 radical (unpaired) electrons. The molecule has 0 spiro atoms. The van der Waals surface area contributed by atoms with Gasteiger partial charge in [0.2, 0.25) is 5.58 Å². The van der Waals surface area contributed by atoms with Crippen LogP contribution in [0.3, 0.4) is 0 Å². The Hall–Kier alpha value is -1.70. The van der Waals surface area contributed by atoms with Crippen molar-refractivity contribution in [2.24, 2.45) is 0 Å². The number of nitrogens with one attached hydrogen (secondary N) is 2. The third kappa shape index (κ3) is 3.56. The Morgan fingerprint density at radius 3 is 2.88 bits per heavy atom. The molecule has 0 unspecified atom stereocenters. The molecule has 4 rings (SSSR count). The predicted octanol–water partition coefficient (Wildman–Crippen LogP) is 3.40. The van der Waals surface area contributed by atoms with Gasteiger partial charge >= 0.3 is 0 Å². The number of nitrogens with zero attached hydrogens (tertiary/aromatic N) is 2. The topological polar surface area (TPSA) is 74.2 Å². The molecule has 1 aliphatic rings. The van der Waals surface area contributed by atoms with Crippen LogP contribution < -0.4 is 10.9 Å². The van der Waals surface area contributed by atoms with Crippen molar-refractivity contribution in [3.63, 3.8) is 0 Å². The average Bonchev–Trinajstić information content (AvgIpc) is 3.21. The maximum Gasteiger partial charge on any atom is 0.294 e. The summed E-state index contributed by atoms with van der Waals surface area (Å²) in [6.07, 6.45) is 2.56. The van der Waals surface area contributed by atoms with E-state index in [9.17, 15) is 4.79 Å². The lowest BCUT2D eigenvalue weighted by molar-refractivity contribution is 0.233. The number of likely N-dealkylation sites (tertiary alicyclic amines) is 1. The Morgan fingerprint density at radius 1 is 1.35 bits per heavy atom. The fourth-order valence-electron chi connectivity index (χ4n) is 3.63. The highest BCUT2D eigenvalue weighted by molar-refractivity contribution is 9.10. The highest BCUT2D eigenvalue weighted by Gasteiger charge is 2.23. The summed E-state index contributed by atoms with van der Waals surface area (Å²) in [4.78, 5) is 22.4. The van der Waals surface area contributed by atoms with Crippen LogP contribution in [0.25, 0.3) is 22.1 Å². The van der Waals surface area contributed by atoms with Gasteiger partial charge in [-0.2, -0.15) is 0 Å². The number of H-pyrrole nitrogens is 1. The van der Waals surface area contributed by atoms with Crippen molar-refractivity contribution in [2.45, 2.75) is 38.8 Å². The molecular weight excluding hydrogens is 396 g/mol. The van der Waals surface area contributed by atoms with Crippen LogP contribution >= 0.6 is 15.9 Å². The van der Waals surface area contributed by atoms with Gasteiger partial charge in [-0.25, -0.2) is 4.98 Å². The first-order chi connectivity index (χ1) is 12.4. The SMILES string of the molecule is CC(C)(CN1CCCC1)NCc1nc2c(oc3ccc(Br)cc32)c(=O)[nH]1. The van der Waals surface area contributed by atoms with Crippen LogP contribution in [0.5, 0.6) is 0 Å². The highest BCUT2D eigenvalue weighted by Crippen LogP contribution is 2.27. The number of aromatic amines is 1. The van der Waals surface area contributed by atoms with E-state index in [1.54, 1.807) is 0 Å². The maximum atomic E-state index is 12.4. The minimum absolute atomic E-state index is 0.0562. The van der Waals surface area contributed by atoms with E-state index in [4.69, 9.17) is 4.42 Å². The third-order valence-electron chi connectivity index (χ3n) is 4.89.